The second-order valence-electron chi connectivity index (χ2n) is 15.4. The van der Waals surface area contributed by atoms with Crippen molar-refractivity contribution >= 4 is 62.1 Å². The van der Waals surface area contributed by atoms with E-state index in [2.05, 4.69) is 123 Å². The first-order valence-corrected chi connectivity index (χ1v) is 22.7. The van der Waals surface area contributed by atoms with Gasteiger partial charge in [-0.3, -0.25) is 10.1 Å². The quantitative estimate of drug-likeness (QED) is 0.0188. The van der Waals surface area contributed by atoms with Gasteiger partial charge in [-0.1, -0.05) is 92.8 Å². The second kappa shape index (κ2) is 24.7. The molecule has 0 radical (unpaired) electrons. The van der Waals surface area contributed by atoms with Gasteiger partial charge in [0.25, 0.3) is 0 Å². The van der Waals surface area contributed by atoms with E-state index in [4.69, 9.17) is 0 Å². The zero-order valence-electron chi connectivity index (χ0n) is 35.5. The molecular weight excluding hydrogens is 887 g/mol. The fraction of sp³-hybridized carbons (Fsp3) is 0.311. The topological polar surface area (TPSA) is 146 Å². The van der Waals surface area contributed by atoms with Gasteiger partial charge in [0.05, 0.1) is 27.6 Å². The van der Waals surface area contributed by atoms with Crippen LogP contribution in [0.3, 0.4) is 0 Å². The third-order valence-electron chi connectivity index (χ3n) is 10.9. The summed E-state index contributed by atoms with van der Waals surface area (Å²) < 4.78 is 45.4. The van der Waals surface area contributed by atoms with Gasteiger partial charge in [-0.25, -0.2) is 8.42 Å². The van der Waals surface area contributed by atoms with Gasteiger partial charge in [0, 0.05) is 75.9 Å². The molecule has 312 valence electrons. The normalized spacial score (nSPS) is 16.2. The van der Waals surface area contributed by atoms with E-state index in [0.717, 1.165) is 93.1 Å². The van der Waals surface area contributed by atoms with Crippen molar-refractivity contribution in [1.29, 1.82) is 0 Å². The summed E-state index contributed by atoms with van der Waals surface area (Å²) in [7, 11) is -4.28. The Balaban J connectivity index is 0.00000410. The molecule has 4 aromatic rings. The number of rotatable bonds is 20. The maximum Gasteiger partial charge on any atom is 1.00 e. The molecule has 2 heterocycles. The van der Waals surface area contributed by atoms with Crippen LogP contribution in [0.4, 0.5) is 11.4 Å². The number of hydrogen-bond acceptors (Lipinski definition) is 12. The van der Waals surface area contributed by atoms with E-state index >= 15 is 0 Å². The maximum absolute atomic E-state index is 11.3. The van der Waals surface area contributed by atoms with Crippen LogP contribution in [0.1, 0.15) is 64.5 Å². The first kappa shape index (κ1) is 52.8. The van der Waals surface area contributed by atoms with Crippen LogP contribution in [0, 0.1) is 0 Å². The number of fused-ring (bicyclic) bond motifs is 4. The van der Waals surface area contributed by atoms with Crippen molar-refractivity contribution in [3.63, 3.8) is 0 Å². The molecule has 0 aromatic heterocycles. The predicted molar refractivity (Wildman–Crippen MR) is 230 cm³/mol. The van der Waals surface area contributed by atoms with Crippen LogP contribution >= 0.6 is 24.1 Å². The SMILES string of the molecule is CC1(C)C(/C=C/C=C/C=C/C=C2/N(CCCCS(=O)(=O)[O-])c3cc(-c4ccccc4)ccc3C2(C)C)=[N+](CCCCSOO[O-])c2ccc3cc(SOO[O-])ccc3c21.[K+].[K+]. The minimum atomic E-state index is -4.28. The third kappa shape index (κ3) is 13.4. The molecule has 0 spiro atoms. The van der Waals surface area contributed by atoms with Gasteiger partial charge in [0.15, 0.2) is 5.71 Å². The fourth-order valence-electron chi connectivity index (χ4n) is 8.17. The van der Waals surface area contributed by atoms with Crippen molar-refractivity contribution in [2.75, 3.05) is 29.5 Å². The number of anilines is 1. The molecule has 0 saturated carbocycles. The van der Waals surface area contributed by atoms with Crippen molar-refractivity contribution in [3.8, 4) is 11.1 Å². The Morgan fingerprint density at radius 2 is 1.51 bits per heavy atom. The van der Waals surface area contributed by atoms with Gasteiger partial charge in [-0.05, 0) is 90.9 Å². The van der Waals surface area contributed by atoms with Crippen LogP contribution in [-0.2, 0) is 39.7 Å². The second-order valence-corrected chi connectivity index (χ2v) is 18.5. The summed E-state index contributed by atoms with van der Waals surface area (Å²) in [5, 5.41) is 29.8. The summed E-state index contributed by atoms with van der Waals surface area (Å²) in [5.74, 6) is 0.247. The van der Waals surface area contributed by atoms with Crippen molar-refractivity contribution in [2.24, 2.45) is 0 Å². The molecular formula is C45H48K2N2O9S3. The van der Waals surface area contributed by atoms with Gasteiger partial charge < -0.3 is 20.0 Å². The Morgan fingerprint density at radius 1 is 0.770 bits per heavy atom. The molecule has 2 aliphatic heterocycles. The van der Waals surface area contributed by atoms with Crippen LogP contribution in [0.2, 0.25) is 0 Å². The Labute approximate surface area is 453 Å². The standard InChI is InChI=1S/C45H50N2O9S3.2K/c1-44(2)38-25-21-34(33-17-9-8-10-18-33)32-40(38)47(28-14-16-30-59(50,51)52)41(44)19-11-6-5-7-12-20-42-45(3,4)43-37-24-23-36(58-56-54-49)31-35(37)22-26-39(43)46(42)27-13-15-29-57-55-53-48;;/h5-12,17-26,31-32H,13-16,27-30H2,1-4H3,(H2-,48,49,50,51,52);;/q;2*+1/p-2. The van der Waals surface area contributed by atoms with Crippen LogP contribution < -0.4 is 118 Å². The van der Waals surface area contributed by atoms with Gasteiger partial charge in [-0.15, -0.1) is 0 Å². The Bertz CT molecular complexity index is 2390. The Hall–Kier alpha value is -0.787. The molecule has 2 aliphatic rings. The third-order valence-corrected chi connectivity index (χ3v) is 12.9. The first-order chi connectivity index (χ1) is 28.4. The predicted octanol–water partition coefficient (Wildman–Crippen LogP) is 2.45. The van der Waals surface area contributed by atoms with E-state index in [9.17, 15) is 23.5 Å². The van der Waals surface area contributed by atoms with Crippen molar-refractivity contribution in [3.05, 3.63) is 138 Å². The molecule has 0 fully saturated rings. The zero-order valence-corrected chi connectivity index (χ0v) is 44.2. The number of allylic oxidation sites excluding steroid dienone is 8. The number of nitrogens with zero attached hydrogens (tertiary/aromatic N) is 2. The molecule has 0 atom stereocenters. The van der Waals surface area contributed by atoms with Crippen molar-refractivity contribution in [1.82, 2.24) is 0 Å². The summed E-state index contributed by atoms with van der Waals surface area (Å²) in [4.78, 5) is 3.01. The molecule has 61 heavy (non-hydrogen) atoms. The molecule has 11 nitrogen and oxygen atoms in total. The van der Waals surface area contributed by atoms with E-state index in [1.54, 1.807) is 0 Å². The summed E-state index contributed by atoms with van der Waals surface area (Å²) in [6.07, 6.45) is 16.9. The molecule has 0 saturated heterocycles. The molecule has 0 N–H and O–H groups in total. The van der Waals surface area contributed by atoms with Crippen molar-refractivity contribution < 1.29 is 150 Å². The number of unbranched alkanes of at least 4 members (excludes halogenated alkanes) is 2. The molecule has 0 unspecified atom stereocenters. The molecule has 0 aliphatic carbocycles. The molecule has 4 aromatic carbocycles. The van der Waals surface area contributed by atoms with Crippen LogP contribution in [0.5, 0.6) is 0 Å². The Morgan fingerprint density at radius 3 is 2.25 bits per heavy atom. The summed E-state index contributed by atoms with van der Waals surface area (Å²) >= 11 is 1.86. The van der Waals surface area contributed by atoms with Gasteiger partial charge >= 0.3 is 103 Å². The monoisotopic (exact) mass is 934 g/mol. The van der Waals surface area contributed by atoms with Crippen LogP contribution in [0.15, 0.2) is 132 Å². The van der Waals surface area contributed by atoms with E-state index in [1.165, 1.54) is 11.1 Å². The van der Waals surface area contributed by atoms with E-state index < -0.39 is 10.1 Å². The van der Waals surface area contributed by atoms with E-state index in [-0.39, 0.29) is 119 Å². The largest absolute Gasteiger partial charge is 1.00 e. The van der Waals surface area contributed by atoms with Crippen LogP contribution in [-0.4, -0.2) is 47.9 Å². The summed E-state index contributed by atoms with van der Waals surface area (Å²) in [6, 6.07) is 26.9. The first-order valence-electron chi connectivity index (χ1n) is 19.4. The van der Waals surface area contributed by atoms with E-state index in [0.29, 0.717) is 25.1 Å². The molecule has 0 bridgehead atoms. The number of hydrogen-bond donors (Lipinski definition) is 0. The minimum absolute atomic E-state index is 0. The minimum Gasteiger partial charge on any atom is -0.748 e. The smallest absolute Gasteiger partial charge is 0.748 e. The average molecular weight is 935 g/mol. The average Bonchev–Trinajstić information content (AvgIpc) is 3.56. The Kier molecular flexibility index (Phi) is 21.4. The molecule has 6 rings (SSSR count). The van der Waals surface area contributed by atoms with Gasteiger partial charge in [-0.2, -0.15) is 13.2 Å². The fourth-order valence-corrected chi connectivity index (χ4v) is 9.57. The summed E-state index contributed by atoms with van der Waals surface area (Å²) in [5.41, 5.74) is 8.39. The van der Waals surface area contributed by atoms with Crippen LogP contribution in [0.25, 0.3) is 21.9 Å². The molecule has 0 amide bonds. The van der Waals surface area contributed by atoms with Crippen molar-refractivity contribution in [2.45, 2.75) is 69.1 Å². The van der Waals surface area contributed by atoms with E-state index in [1.807, 2.05) is 54.6 Å². The number of benzene rings is 4. The maximum atomic E-state index is 11.3. The molecule has 16 heteroatoms. The zero-order chi connectivity index (χ0) is 42.0. The van der Waals surface area contributed by atoms with Gasteiger partial charge in [0.1, 0.15) is 6.54 Å². The summed E-state index contributed by atoms with van der Waals surface area (Å²) in [6.45, 7) is 10.2. The van der Waals surface area contributed by atoms with Gasteiger partial charge in [0.2, 0.25) is 5.69 Å².